The van der Waals surface area contributed by atoms with E-state index >= 15 is 0 Å². The number of carbonyl (C=O) groups excluding carboxylic acids is 3. The van der Waals surface area contributed by atoms with E-state index in [4.69, 9.17) is 14.2 Å². The average Bonchev–Trinajstić information content (AvgIpc) is 3.46. The zero-order valence-electron chi connectivity index (χ0n) is 51.3. The lowest BCUT2D eigenvalue weighted by Gasteiger charge is -2.18. The van der Waals surface area contributed by atoms with E-state index in [2.05, 4.69) is 191 Å². The molecule has 0 fully saturated rings. The van der Waals surface area contributed by atoms with Crippen LogP contribution in [0.1, 0.15) is 258 Å². The average molecular weight is 1100 g/mol. The highest BCUT2D eigenvalue weighted by atomic mass is 16.6. The molecule has 1 atom stereocenters. The standard InChI is InChI=1S/C74H116O6/c1-4-7-10-13-16-18-20-22-24-26-28-30-32-34-36-37-39-40-42-44-46-48-50-52-54-56-58-61-64-67-73(76)79-70-71(69-78-72(75)66-63-60-15-12-9-6-3)80-74(77)68-65-62-59-57-55-53-51-49-47-45-43-41-38-35-33-31-29-27-25-23-21-19-17-14-11-8-5-2/h7-8,10-11,16-19,22-25,28-31,34-36,38-40,44,46,50,52,56,58,71H,4-6,9,12-15,20-21,26-27,32-33,37,41-43,45,47-49,51,53-55,57,59-70H2,1-3H3/b10-7-,11-8-,18-16-,19-17-,24-22-,25-23-,30-28-,31-29-,36-34-,38-35-,40-39-,46-44-,52-50-,58-56-. The number of allylic oxidation sites excluding steroid dienone is 28. The summed E-state index contributed by atoms with van der Waals surface area (Å²) in [6, 6.07) is 0. The topological polar surface area (TPSA) is 78.9 Å². The van der Waals surface area contributed by atoms with Crippen LogP contribution in [0.25, 0.3) is 0 Å². The lowest BCUT2D eigenvalue weighted by molar-refractivity contribution is -0.167. The molecule has 0 aromatic carbocycles. The fourth-order valence-corrected chi connectivity index (χ4v) is 8.23. The maximum absolute atomic E-state index is 12.9. The maximum Gasteiger partial charge on any atom is 0.306 e. The van der Waals surface area contributed by atoms with Crippen molar-refractivity contribution in [1.29, 1.82) is 0 Å². The van der Waals surface area contributed by atoms with Gasteiger partial charge in [0.2, 0.25) is 0 Å². The van der Waals surface area contributed by atoms with Gasteiger partial charge in [0.25, 0.3) is 0 Å². The Balaban J connectivity index is 4.25. The zero-order valence-corrected chi connectivity index (χ0v) is 51.3. The van der Waals surface area contributed by atoms with Crippen molar-refractivity contribution in [1.82, 2.24) is 0 Å². The molecule has 0 amide bonds. The van der Waals surface area contributed by atoms with E-state index in [-0.39, 0.29) is 37.5 Å². The van der Waals surface area contributed by atoms with Crippen LogP contribution in [0.4, 0.5) is 0 Å². The van der Waals surface area contributed by atoms with Crippen LogP contribution >= 0.6 is 0 Å². The number of carbonyl (C=O) groups is 3. The summed E-state index contributed by atoms with van der Waals surface area (Å²) in [7, 11) is 0. The minimum absolute atomic E-state index is 0.104. The first-order valence-electron chi connectivity index (χ1n) is 32.1. The summed E-state index contributed by atoms with van der Waals surface area (Å²) in [5.74, 6) is -0.985. The molecule has 0 aromatic heterocycles. The van der Waals surface area contributed by atoms with E-state index in [1.165, 1.54) is 77.0 Å². The van der Waals surface area contributed by atoms with Crippen LogP contribution in [-0.2, 0) is 28.6 Å². The van der Waals surface area contributed by atoms with Gasteiger partial charge in [-0.05, 0) is 128 Å². The van der Waals surface area contributed by atoms with Gasteiger partial charge in [-0.2, -0.15) is 0 Å². The van der Waals surface area contributed by atoms with Gasteiger partial charge in [-0.15, -0.1) is 0 Å². The molecule has 0 spiro atoms. The van der Waals surface area contributed by atoms with Crippen LogP contribution in [0.5, 0.6) is 0 Å². The van der Waals surface area contributed by atoms with Crippen LogP contribution in [0.15, 0.2) is 170 Å². The molecule has 0 saturated heterocycles. The molecule has 0 N–H and O–H groups in total. The summed E-state index contributed by atoms with van der Waals surface area (Å²) in [5.41, 5.74) is 0. The molecule has 448 valence electrons. The molecular formula is C74H116O6. The van der Waals surface area contributed by atoms with Crippen molar-refractivity contribution >= 4 is 17.9 Å². The second kappa shape index (κ2) is 66.3. The molecular weight excluding hydrogens is 985 g/mol. The summed E-state index contributed by atoms with van der Waals surface area (Å²) in [4.78, 5) is 38.0. The summed E-state index contributed by atoms with van der Waals surface area (Å²) >= 11 is 0. The lowest BCUT2D eigenvalue weighted by Crippen LogP contribution is -2.30. The predicted octanol–water partition coefficient (Wildman–Crippen LogP) is 22.3. The third-order valence-electron chi connectivity index (χ3n) is 13.0. The lowest BCUT2D eigenvalue weighted by atomic mass is 10.0. The second-order valence-electron chi connectivity index (χ2n) is 20.6. The van der Waals surface area contributed by atoms with Crippen LogP contribution in [-0.4, -0.2) is 37.2 Å². The molecule has 0 aliphatic carbocycles. The summed E-state index contributed by atoms with van der Waals surface area (Å²) in [5, 5.41) is 0. The van der Waals surface area contributed by atoms with Gasteiger partial charge in [0, 0.05) is 19.3 Å². The highest BCUT2D eigenvalue weighted by Crippen LogP contribution is 2.15. The molecule has 80 heavy (non-hydrogen) atoms. The molecule has 0 radical (unpaired) electrons. The third kappa shape index (κ3) is 63.6. The molecule has 0 bridgehead atoms. The van der Waals surface area contributed by atoms with Crippen molar-refractivity contribution in [3.8, 4) is 0 Å². The summed E-state index contributed by atoms with van der Waals surface area (Å²) < 4.78 is 16.7. The first-order valence-corrected chi connectivity index (χ1v) is 32.1. The molecule has 0 rings (SSSR count). The number of hydrogen-bond donors (Lipinski definition) is 0. The largest absolute Gasteiger partial charge is 0.462 e. The predicted molar refractivity (Wildman–Crippen MR) is 348 cm³/mol. The second-order valence-corrected chi connectivity index (χ2v) is 20.6. The van der Waals surface area contributed by atoms with Crippen molar-refractivity contribution in [2.45, 2.75) is 264 Å². The minimum atomic E-state index is -0.809. The molecule has 6 heteroatoms. The maximum atomic E-state index is 12.9. The Kier molecular flexibility index (Phi) is 61.9. The van der Waals surface area contributed by atoms with E-state index in [1.807, 2.05) is 0 Å². The van der Waals surface area contributed by atoms with E-state index in [0.717, 1.165) is 135 Å². The van der Waals surface area contributed by atoms with Gasteiger partial charge < -0.3 is 14.2 Å². The van der Waals surface area contributed by atoms with E-state index < -0.39 is 6.10 Å². The Morgan fingerprint density at radius 1 is 0.263 bits per heavy atom. The van der Waals surface area contributed by atoms with Crippen molar-refractivity contribution < 1.29 is 28.6 Å². The normalized spacial score (nSPS) is 13.3. The van der Waals surface area contributed by atoms with E-state index in [9.17, 15) is 14.4 Å². The Hall–Kier alpha value is -5.23. The van der Waals surface area contributed by atoms with Gasteiger partial charge in [-0.1, -0.05) is 281 Å². The van der Waals surface area contributed by atoms with Crippen molar-refractivity contribution in [2.75, 3.05) is 13.2 Å². The molecule has 0 aliphatic rings. The fraction of sp³-hybridized carbons (Fsp3) is 0.581. The number of rotatable bonds is 56. The number of unbranched alkanes of at least 4 members (excludes halogenated alkanes) is 17. The highest BCUT2D eigenvalue weighted by molar-refractivity contribution is 5.71. The minimum Gasteiger partial charge on any atom is -0.462 e. The van der Waals surface area contributed by atoms with Crippen molar-refractivity contribution in [3.63, 3.8) is 0 Å². The van der Waals surface area contributed by atoms with Gasteiger partial charge in [-0.25, -0.2) is 0 Å². The summed E-state index contributed by atoms with van der Waals surface area (Å²) in [6.07, 6.45) is 98.3. The molecule has 1 unspecified atom stereocenters. The SMILES string of the molecule is CC/C=C\C/C=C\C/C=C\C/C=C\C/C=C\C/C=C\C/C=C\C/C=C\C/C=C\CCCC(=O)OCC(COC(=O)CCCCCCCC)OC(=O)CCCCCCCCCCCCC/C=C\C/C=C\C/C=C\C/C=C\C/C=C\CC. The Morgan fingerprint density at radius 2 is 0.500 bits per heavy atom. The Bertz CT molecular complexity index is 1840. The van der Waals surface area contributed by atoms with Gasteiger partial charge in [0.15, 0.2) is 6.10 Å². The highest BCUT2D eigenvalue weighted by Gasteiger charge is 2.19. The number of ether oxygens (including phenoxy) is 3. The molecule has 0 saturated carbocycles. The first kappa shape index (κ1) is 74.8. The summed E-state index contributed by atoms with van der Waals surface area (Å²) in [6.45, 7) is 6.29. The van der Waals surface area contributed by atoms with Gasteiger partial charge in [-0.3, -0.25) is 14.4 Å². The Morgan fingerprint density at radius 3 is 0.812 bits per heavy atom. The van der Waals surface area contributed by atoms with Gasteiger partial charge in [0.05, 0.1) is 0 Å². The van der Waals surface area contributed by atoms with Crippen LogP contribution < -0.4 is 0 Å². The number of esters is 3. The third-order valence-corrected chi connectivity index (χ3v) is 13.0. The monoisotopic (exact) mass is 1100 g/mol. The quantitative estimate of drug-likeness (QED) is 0.0261. The smallest absolute Gasteiger partial charge is 0.306 e. The van der Waals surface area contributed by atoms with E-state index in [0.29, 0.717) is 19.3 Å². The molecule has 0 aromatic rings. The zero-order chi connectivity index (χ0) is 57.8. The van der Waals surface area contributed by atoms with Crippen LogP contribution in [0, 0.1) is 0 Å². The van der Waals surface area contributed by atoms with Gasteiger partial charge in [0.1, 0.15) is 13.2 Å². The van der Waals surface area contributed by atoms with E-state index in [1.54, 1.807) is 0 Å². The van der Waals surface area contributed by atoms with Gasteiger partial charge >= 0.3 is 17.9 Å². The number of hydrogen-bond acceptors (Lipinski definition) is 6. The van der Waals surface area contributed by atoms with Crippen LogP contribution in [0.3, 0.4) is 0 Å². The molecule has 0 aliphatic heterocycles. The molecule has 0 heterocycles. The van der Waals surface area contributed by atoms with Crippen LogP contribution in [0.2, 0.25) is 0 Å². The molecule has 6 nitrogen and oxygen atoms in total. The van der Waals surface area contributed by atoms with Crippen molar-refractivity contribution in [2.24, 2.45) is 0 Å². The first-order chi connectivity index (χ1) is 39.5. The Labute approximate surface area is 492 Å². The fourth-order valence-electron chi connectivity index (χ4n) is 8.23. The van der Waals surface area contributed by atoms with Crippen molar-refractivity contribution in [3.05, 3.63) is 170 Å².